The van der Waals surface area contributed by atoms with E-state index >= 15 is 0 Å². The molecule has 0 saturated heterocycles. The van der Waals surface area contributed by atoms with Crippen molar-refractivity contribution in [3.63, 3.8) is 0 Å². The minimum atomic E-state index is 0.391. The van der Waals surface area contributed by atoms with Gasteiger partial charge >= 0.3 is 0 Å². The quantitative estimate of drug-likeness (QED) is 0.557. The molecule has 1 rings (SSSR count). The second kappa shape index (κ2) is 6.39. The third-order valence-corrected chi connectivity index (χ3v) is 2.70. The molecule has 1 aromatic carbocycles. The summed E-state index contributed by atoms with van der Waals surface area (Å²) in [5, 5.41) is 0.809. The maximum absolute atomic E-state index is 9.92. The van der Waals surface area contributed by atoms with Gasteiger partial charge in [-0.15, -0.1) is 0 Å². The lowest BCUT2D eigenvalue weighted by Crippen LogP contribution is -2.01. The zero-order valence-corrected chi connectivity index (χ0v) is 9.50. The summed E-state index contributed by atoms with van der Waals surface area (Å²) in [4.78, 5) is 13.5. The van der Waals surface area contributed by atoms with E-state index in [0.717, 1.165) is 23.4 Å². The number of rotatable bonds is 5. The highest BCUT2D eigenvalue weighted by atomic mass is 35.5. The first-order chi connectivity index (χ1) is 7.24. The molecule has 0 amide bonds. The lowest BCUT2D eigenvalue weighted by atomic mass is 10.0. The fourth-order valence-corrected chi connectivity index (χ4v) is 1.62. The number of aliphatic imine (C=N–C) groups is 1. The summed E-state index contributed by atoms with van der Waals surface area (Å²) >= 11 is 6.03. The standard InChI is InChI=1S/C12H14ClNO/c1-10(8-14-9-15)6-7-11-4-2-3-5-12(11)13/h2-5,10H,6-8H2,1H3. The molecular weight excluding hydrogens is 210 g/mol. The third-order valence-electron chi connectivity index (χ3n) is 2.33. The number of hydrogen-bond acceptors (Lipinski definition) is 2. The van der Waals surface area contributed by atoms with Crippen LogP contribution in [-0.4, -0.2) is 12.6 Å². The Kier molecular flexibility index (Phi) is 5.09. The van der Waals surface area contributed by atoms with Gasteiger partial charge in [0.1, 0.15) is 0 Å². The summed E-state index contributed by atoms with van der Waals surface area (Å²) in [5.41, 5.74) is 1.15. The lowest BCUT2D eigenvalue weighted by Gasteiger charge is -2.08. The average Bonchev–Trinajstić information content (AvgIpc) is 2.25. The van der Waals surface area contributed by atoms with Crippen molar-refractivity contribution < 1.29 is 4.79 Å². The van der Waals surface area contributed by atoms with Gasteiger partial charge in [0.15, 0.2) is 0 Å². The molecule has 0 aromatic heterocycles. The van der Waals surface area contributed by atoms with Crippen LogP contribution in [0.3, 0.4) is 0 Å². The minimum Gasteiger partial charge on any atom is -0.211 e. The Morgan fingerprint density at radius 3 is 2.87 bits per heavy atom. The average molecular weight is 224 g/mol. The van der Waals surface area contributed by atoms with Crippen LogP contribution < -0.4 is 0 Å². The van der Waals surface area contributed by atoms with E-state index in [1.165, 1.54) is 0 Å². The van der Waals surface area contributed by atoms with E-state index in [9.17, 15) is 4.79 Å². The van der Waals surface area contributed by atoms with Crippen molar-refractivity contribution >= 4 is 17.7 Å². The summed E-state index contributed by atoms with van der Waals surface area (Å²) < 4.78 is 0. The molecule has 0 aliphatic heterocycles. The van der Waals surface area contributed by atoms with E-state index in [1.807, 2.05) is 24.3 Å². The van der Waals surface area contributed by atoms with Gasteiger partial charge in [0.2, 0.25) is 6.08 Å². The Morgan fingerprint density at radius 2 is 2.20 bits per heavy atom. The molecule has 0 N–H and O–H groups in total. The van der Waals surface area contributed by atoms with Crippen LogP contribution in [-0.2, 0) is 11.2 Å². The molecule has 1 atom stereocenters. The first kappa shape index (κ1) is 12.0. The van der Waals surface area contributed by atoms with Crippen molar-refractivity contribution in [2.45, 2.75) is 19.8 Å². The maximum atomic E-state index is 9.92. The highest BCUT2D eigenvalue weighted by molar-refractivity contribution is 6.31. The second-order valence-corrected chi connectivity index (χ2v) is 4.07. The van der Waals surface area contributed by atoms with Crippen LogP contribution >= 0.6 is 11.6 Å². The van der Waals surface area contributed by atoms with Gasteiger partial charge in [0, 0.05) is 5.02 Å². The van der Waals surface area contributed by atoms with Gasteiger partial charge in [-0.05, 0) is 30.4 Å². The monoisotopic (exact) mass is 223 g/mol. The van der Waals surface area contributed by atoms with E-state index < -0.39 is 0 Å². The van der Waals surface area contributed by atoms with Crippen LogP contribution in [0.15, 0.2) is 29.3 Å². The van der Waals surface area contributed by atoms with Gasteiger partial charge in [0.25, 0.3) is 0 Å². The molecule has 3 heteroatoms. The van der Waals surface area contributed by atoms with Crippen molar-refractivity contribution in [3.05, 3.63) is 34.9 Å². The number of hydrogen-bond donors (Lipinski definition) is 0. The molecule has 0 bridgehead atoms. The van der Waals surface area contributed by atoms with Crippen LogP contribution in [0.4, 0.5) is 0 Å². The lowest BCUT2D eigenvalue weighted by molar-refractivity contribution is 0.531. The van der Waals surface area contributed by atoms with Gasteiger partial charge < -0.3 is 0 Å². The fourth-order valence-electron chi connectivity index (χ4n) is 1.39. The number of isocyanates is 1. The van der Waals surface area contributed by atoms with Gasteiger partial charge in [-0.25, -0.2) is 9.79 Å². The van der Waals surface area contributed by atoms with Crippen molar-refractivity contribution in [1.82, 2.24) is 0 Å². The Balaban J connectivity index is 2.43. The van der Waals surface area contributed by atoms with Gasteiger partial charge in [0.05, 0.1) is 6.54 Å². The zero-order valence-electron chi connectivity index (χ0n) is 8.74. The van der Waals surface area contributed by atoms with Crippen LogP contribution in [0.2, 0.25) is 5.02 Å². The molecule has 0 radical (unpaired) electrons. The Labute approximate surface area is 95.0 Å². The summed E-state index contributed by atoms with van der Waals surface area (Å²) in [6, 6.07) is 7.82. The van der Waals surface area contributed by atoms with Crippen molar-refractivity contribution in [2.75, 3.05) is 6.54 Å². The Bertz CT molecular complexity index is 358. The SMILES string of the molecule is CC(CCc1ccccc1Cl)CN=C=O. The first-order valence-electron chi connectivity index (χ1n) is 5.01. The highest BCUT2D eigenvalue weighted by Crippen LogP contribution is 2.18. The molecule has 15 heavy (non-hydrogen) atoms. The maximum Gasteiger partial charge on any atom is 0.234 e. The van der Waals surface area contributed by atoms with E-state index in [2.05, 4.69) is 11.9 Å². The molecule has 0 fully saturated rings. The fraction of sp³-hybridized carbons (Fsp3) is 0.417. The topological polar surface area (TPSA) is 29.4 Å². The van der Waals surface area contributed by atoms with Gasteiger partial charge in [-0.2, -0.15) is 0 Å². The van der Waals surface area contributed by atoms with E-state index in [-0.39, 0.29) is 0 Å². The van der Waals surface area contributed by atoms with Crippen molar-refractivity contribution in [2.24, 2.45) is 10.9 Å². The largest absolute Gasteiger partial charge is 0.234 e. The first-order valence-corrected chi connectivity index (χ1v) is 5.39. The van der Waals surface area contributed by atoms with E-state index in [0.29, 0.717) is 12.5 Å². The summed E-state index contributed by atoms with van der Waals surface area (Å²) in [6.07, 6.45) is 3.46. The third kappa shape index (κ3) is 4.28. The molecule has 0 spiro atoms. The zero-order chi connectivity index (χ0) is 11.1. The van der Waals surface area contributed by atoms with Crippen LogP contribution in [0, 0.1) is 5.92 Å². The number of carbonyl (C=O) groups excluding carboxylic acids is 1. The van der Waals surface area contributed by atoms with E-state index in [4.69, 9.17) is 11.6 Å². The summed E-state index contributed by atoms with van der Waals surface area (Å²) in [5.74, 6) is 0.391. The smallest absolute Gasteiger partial charge is 0.211 e. The molecule has 1 unspecified atom stereocenters. The van der Waals surface area contributed by atoms with Crippen molar-refractivity contribution in [1.29, 1.82) is 0 Å². The molecule has 0 aliphatic rings. The molecule has 0 heterocycles. The second-order valence-electron chi connectivity index (χ2n) is 3.67. The van der Waals surface area contributed by atoms with Gasteiger partial charge in [-0.3, -0.25) is 0 Å². The summed E-state index contributed by atoms with van der Waals surface area (Å²) in [6.45, 7) is 2.62. The molecule has 0 aliphatic carbocycles. The van der Waals surface area contributed by atoms with Crippen LogP contribution in [0.5, 0.6) is 0 Å². The predicted molar refractivity (Wildman–Crippen MR) is 61.9 cm³/mol. The molecule has 2 nitrogen and oxygen atoms in total. The Morgan fingerprint density at radius 1 is 1.47 bits per heavy atom. The Hall–Kier alpha value is -1.11. The highest BCUT2D eigenvalue weighted by Gasteiger charge is 2.04. The molecule has 80 valence electrons. The molecular formula is C12H14ClNO. The van der Waals surface area contributed by atoms with Crippen LogP contribution in [0.1, 0.15) is 18.9 Å². The predicted octanol–water partition coefficient (Wildman–Crippen LogP) is 3.24. The number of halogens is 1. The molecule has 0 saturated carbocycles. The molecule has 1 aromatic rings. The van der Waals surface area contributed by atoms with E-state index in [1.54, 1.807) is 6.08 Å². The summed E-state index contributed by atoms with van der Waals surface area (Å²) in [7, 11) is 0. The van der Waals surface area contributed by atoms with Gasteiger partial charge in [-0.1, -0.05) is 36.7 Å². The number of aryl methyl sites for hydroxylation is 1. The normalized spacial score (nSPS) is 11.9. The van der Waals surface area contributed by atoms with Crippen LogP contribution in [0.25, 0.3) is 0 Å². The minimum absolute atomic E-state index is 0.391. The number of benzene rings is 1. The number of nitrogens with zero attached hydrogens (tertiary/aromatic N) is 1. The van der Waals surface area contributed by atoms with Crippen molar-refractivity contribution in [3.8, 4) is 0 Å².